The maximum Gasteiger partial charge on any atom is 0.295 e. The number of ether oxygens (including phenoxy) is 3. The maximum absolute atomic E-state index is 14.7. The van der Waals surface area contributed by atoms with Crippen molar-refractivity contribution in [3.8, 4) is 11.5 Å². The quantitative estimate of drug-likeness (QED) is 0.311. The summed E-state index contributed by atoms with van der Waals surface area (Å²) in [6.07, 6.45) is 0.419. The molecule has 0 spiro atoms. The third-order valence-electron chi connectivity index (χ3n) is 6.52. The molecular weight excluding hydrogens is 479 g/mol. The van der Waals surface area contributed by atoms with E-state index in [2.05, 4.69) is 4.90 Å². The van der Waals surface area contributed by atoms with Crippen LogP contribution in [0.15, 0.2) is 48.0 Å². The topological polar surface area (TPSA) is 88.5 Å². The zero-order valence-electron chi connectivity index (χ0n) is 21.4. The number of nitrogens with zero attached hydrogens (tertiary/aromatic N) is 2. The van der Waals surface area contributed by atoms with Crippen molar-refractivity contribution in [3.05, 3.63) is 65.0 Å². The van der Waals surface area contributed by atoms with Crippen molar-refractivity contribution < 1.29 is 33.3 Å². The number of hydrogen-bond acceptors (Lipinski definition) is 7. The number of morpholine rings is 1. The first kappa shape index (κ1) is 26.6. The number of likely N-dealkylation sites (tertiary alicyclic amines) is 1. The second-order valence-corrected chi connectivity index (χ2v) is 9.39. The van der Waals surface area contributed by atoms with E-state index in [1.165, 1.54) is 17.0 Å². The largest absolute Gasteiger partial charge is 0.507 e. The lowest BCUT2D eigenvalue weighted by Gasteiger charge is -2.29. The summed E-state index contributed by atoms with van der Waals surface area (Å²) >= 11 is 0. The molecule has 37 heavy (non-hydrogen) atoms. The number of rotatable bonds is 9. The third kappa shape index (κ3) is 5.94. The average Bonchev–Trinajstić information content (AvgIpc) is 3.15. The van der Waals surface area contributed by atoms with E-state index in [-0.39, 0.29) is 23.0 Å². The molecule has 1 unspecified atom stereocenters. The van der Waals surface area contributed by atoms with Gasteiger partial charge in [0.15, 0.2) is 11.6 Å². The van der Waals surface area contributed by atoms with Gasteiger partial charge in [-0.15, -0.1) is 0 Å². The maximum atomic E-state index is 14.7. The molecule has 4 rings (SSSR count). The number of carbonyl (C=O) groups excluding carboxylic acids is 2. The molecule has 2 saturated heterocycles. The number of hydrogen-bond donors (Lipinski definition) is 1. The van der Waals surface area contributed by atoms with Crippen molar-refractivity contribution in [1.82, 2.24) is 9.80 Å². The van der Waals surface area contributed by atoms with Gasteiger partial charge in [0.1, 0.15) is 11.5 Å². The molecule has 9 heteroatoms. The van der Waals surface area contributed by atoms with Crippen LogP contribution in [0.1, 0.15) is 37.4 Å². The van der Waals surface area contributed by atoms with E-state index in [1.807, 2.05) is 0 Å². The smallest absolute Gasteiger partial charge is 0.295 e. The molecule has 2 aliphatic heterocycles. The van der Waals surface area contributed by atoms with Gasteiger partial charge in [0, 0.05) is 31.7 Å². The van der Waals surface area contributed by atoms with E-state index in [1.54, 1.807) is 45.2 Å². The minimum atomic E-state index is -0.815. The molecule has 2 aromatic carbocycles. The first-order chi connectivity index (χ1) is 17.8. The van der Waals surface area contributed by atoms with Crippen LogP contribution in [0.4, 0.5) is 4.39 Å². The van der Waals surface area contributed by atoms with Crippen LogP contribution in [0.25, 0.3) is 5.76 Å². The molecule has 2 aromatic rings. The zero-order valence-corrected chi connectivity index (χ0v) is 21.4. The van der Waals surface area contributed by atoms with Crippen LogP contribution in [0.2, 0.25) is 0 Å². The number of benzene rings is 2. The second-order valence-electron chi connectivity index (χ2n) is 9.39. The van der Waals surface area contributed by atoms with Gasteiger partial charge in [-0.3, -0.25) is 14.5 Å². The van der Waals surface area contributed by atoms with Crippen molar-refractivity contribution in [2.45, 2.75) is 32.4 Å². The number of halogens is 1. The van der Waals surface area contributed by atoms with E-state index in [4.69, 9.17) is 14.2 Å². The Labute approximate surface area is 216 Å². The fourth-order valence-corrected chi connectivity index (χ4v) is 4.69. The summed E-state index contributed by atoms with van der Waals surface area (Å²) in [5.74, 6) is -1.92. The molecule has 0 aliphatic carbocycles. The van der Waals surface area contributed by atoms with E-state index < -0.39 is 29.3 Å². The van der Waals surface area contributed by atoms with Crippen molar-refractivity contribution in [3.63, 3.8) is 0 Å². The fourth-order valence-electron chi connectivity index (χ4n) is 4.69. The SMILES string of the molecule is COc1ccc(C2/C(=C(\O)c3ccc(OC(C)C)c(F)c3)C(=O)C(=O)N2CCCN2CCOCC2)cc1. The predicted octanol–water partition coefficient (Wildman–Crippen LogP) is 3.77. The molecule has 2 fully saturated rings. The van der Waals surface area contributed by atoms with Crippen LogP contribution >= 0.6 is 0 Å². The van der Waals surface area contributed by atoms with Crippen LogP contribution in [0.3, 0.4) is 0 Å². The monoisotopic (exact) mass is 512 g/mol. The van der Waals surface area contributed by atoms with E-state index in [0.29, 0.717) is 37.5 Å². The Kier molecular flexibility index (Phi) is 8.45. The number of carbonyl (C=O) groups is 2. The highest BCUT2D eigenvalue weighted by Gasteiger charge is 2.45. The van der Waals surface area contributed by atoms with Gasteiger partial charge in [0.2, 0.25) is 0 Å². The summed E-state index contributed by atoms with van der Waals surface area (Å²) in [5, 5.41) is 11.2. The van der Waals surface area contributed by atoms with Gasteiger partial charge < -0.3 is 24.2 Å². The number of ketones is 1. The Bertz CT molecular complexity index is 1160. The predicted molar refractivity (Wildman–Crippen MR) is 136 cm³/mol. The molecule has 0 aromatic heterocycles. The summed E-state index contributed by atoms with van der Waals surface area (Å²) in [6, 6.07) is 10.2. The van der Waals surface area contributed by atoms with Crippen molar-refractivity contribution in [2.24, 2.45) is 0 Å². The summed E-state index contributed by atoms with van der Waals surface area (Å²) in [6.45, 7) is 7.63. The summed E-state index contributed by atoms with van der Waals surface area (Å²) < 4.78 is 30.8. The minimum Gasteiger partial charge on any atom is -0.507 e. The van der Waals surface area contributed by atoms with Crippen LogP contribution in [-0.2, 0) is 14.3 Å². The lowest BCUT2D eigenvalue weighted by molar-refractivity contribution is -0.140. The highest BCUT2D eigenvalue weighted by atomic mass is 19.1. The van der Waals surface area contributed by atoms with Gasteiger partial charge in [-0.1, -0.05) is 12.1 Å². The van der Waals surface area contributed by atoms with Crippen LogP contribution < -0.4 is 9.47 Å². The molecule has 0 radical (unpaired) electrons. The third-order valence-corrected chi connectivity index (χ3v) is 6.52. The highest BCUT2D eigenvalue weighted by molar-refractivity contribution is 6.46. The Balaban J connectivity index is 1.68. The van der Waals surface area contributed by atoms with Gasteiger partial charge >= 0.3 is 0 Å². The summed E-state index contributed by atoms with van der Waals surface area (Å²) in [5.41, 5.74) is 0.671. The lowest BCUT2D eigenvalue weighted by atomic mass is 9.95. The summed E-state index contributed by atoms with van der Waals surface area (Å²) in [7, 11) is 1.55. The second kappa shape index (κ2) is 11.7. The molecule has 0 saturated carbocycles. The van der Waals surface area contributed by atoms with Gasteiger partial charge in [-0.2, -0.15) is 0 Å². The Morgan fingerprint density at radius 2 is 1.81 bits per heavy atom. The van der Waals surface area contributed by atoms with Gasteiger partial charge in [-0.25, -0.2) is 4.39 Å². The normalized spacial score (nSPS) is 20.0. The van der Waals surface area contributed by atoms with Gasteiger partial charge in [0.05, 0.1) is 38.0 Å². The molecule has 8 nitrogen and oxygen atoms in total. The van der Waals surface area contributed by atoms with Gasteiger partial charge in [0.25, 0.3) is 11.7 Å². The first-order valence-electron chi connectivity index (χ1n) is 12.5. The number of aliphatic hydroxyl groups excluding tert-OH is 1. The molecule has 0 bridgehead atoms. The van der Waals surface area contributed by atoms with Crippen LogP contribution in [-0.4, -0.2) is 79.2 Å². The van der Waals surface area contributed by atoms with E-state index in [0.717, 1.165) is 25.7 Å². The Morgan fingerprint density at radius 3 is 2.43 bits per heavy atom. The average molecular weight is 513 g/mol. The lowest BCUT2D eigenvalue weighted by Crippen LogP contribution is -2.38. The highest BCUT2D eigenvalue weighted by Crippen LogP contribution is 2.40. The summed E-state index contributed by atoms with van der Waals surface area (Å²) in [4.78, 5) is 30.1. The molecule has 1 atom stereocenters. The first-order valence-corrected chi connectivity index (χ1v) is 12.5. The number of Topliss-reactive ketones (excluding diaryl/α,β-unsaturated/α-hetero) is 1. The molecule has 2 aliphatic rings. The van der Waals surface area contributed by atoms with Crippen LogP contribution in [0.5, 0.6) is 11.5 Å². The van der Waals surface area contributed by atoms with Crippen molar-refractivity contribution >= 4 is 17.4 Å². The molecule has 2 heterocycles. The number of aliphatic hydroxyl groups is 1. The standard InChI is InChI=1S/C28H33FN2O6/c1-18(2)37-23-10-7-20(17-22(23)29)26(32)24-25(19-5-8-21(35-3)9-6-19)31(28(34)27(24)33)12-4-11-30-13-15-36-16-14-30/h5-10,17-18,25,32H,4,11-16H2,1-3H3/b26-24+. The van der Waals surface area contributed by atoms with Crippen LogP contribution in [0, 0.1) is 5.82 Å². The number of amides is 1. The number of methoxy groups -OCH3 is 1. The molecule has 1 N–H and O–H groups in total. The Morgan fingerprint density at radius 1 is 1.11 bits per heavy atom. The Hall–Kier alpha value is -3.43. The zero-order chi connectivity index (χ0) is 26.5. The van der Waals surface area contributed by atoms with E-state index >= 15 is 0 Å². The fraction of sp³-hybridized carbons (Fsp3) is 0.429. The van der Waals surface area contributed by atoms with Crippen molar-refractivity contribution in [1.29, 1.82) is 0 Å². The minimum absolute atomic E-state index is 0.0434. The van der Waals surface area contributed by atoms with Gasteiger partial charge in [-0.05, 0) is 56.2 Å². The molecule has 198 valence electrons. The van der Waals surface area contributed by atoms with E-state index in [9.17, 15) is 19.1 Å². The molecular formula is C28H33FN2O6. The van der Waals surface area contributed by atoms with Crippen molar-refractivity contribution in [2.75, 3.05) is 46.5 Å². The molecule has 1 amide bonds.